The highest BCUT2D eigenvalue weighted by molar-refractivity contribution is 7.48. The van der Waals surface area contributed by atoms with Gasteiger partial charge in [0, 0.05) is 25.5 Å². The molecule has 0 bridgehead atoms. The van der Waals surface area contributed by atoms with Gasteiger partial charge in [-0.3, -0.25) is 9.05 Å². The Balaban J connectivity index is 2.53. The van der Waals surface area contributed by atoms with Gasteiger partial charge in [-0.2, -0.15) is 0 Å². The van der Waals surface area contributed by atoms with Crippen LogP contribution in [-0.2, 0) is 18.1 Å². The SMILES string of the molecule is CCCCCCCCCCN1C=CN(CC)C1OP(=O)(OCCCC)OCCCC. The lowest BCUT2D eigenvalue weighted by molar-refractivity contribution is -0.0537. The minimum absolute atomic E-state index is 0.393. The van der Waals surface area contributed by atoms with Crippen LogP contribution in [0.15, 0.2) is 12.4 Å². The number of phosphoric acid groups is 1. The monoisotopic (exact) mass is 446 g/mol. The molecule has 0 aromatic carbocycles. The number of unbranched alkanes of at least 4 members (excludes halogenated alkanes) is 9. The molecule has 1 unspecified atom stereocenters. The van der Waals surface area contributed by atoms with Crippen molar-refractivity contribution in [2.45, 2.75) is 111 Å². The molecule has 0 radical (unpaired) electrons. The van der Waals surface area contributed by atoms with Crippen LogP contribution in [-0.4, -0.2) is 42.5 Å². The van der Waals surface area contributed by atoms with Gasteiger partial charge in [0.15, 0.2) is 0 Å². The van der Waals surface area contributed by atoms with E-state index in [1.165, 1.54) is 44.9 Å². The highest BCUT2D eigenvalue weighted by Crippen LogP contribution is 2.52. The standard InChI is InChI=1S/C23H47N2O4P/c1-5-9-12-13-14-15-16-17-18-25-20-19-24(8-4)23(25)29-30(26,27-21-10-6-2)28-22-11-7-3/h19-20,23H,5-18,21-22H2,1-4H3. The van der Waals surface area contributed by atoms with Crippen molar-refractivity contribution in [2.75, 3.05) is 26.3 Å². The fraction of sp³-hybridized carbons (Fsp3) is 0.913. The van der Waals surface area contributed by atoms with Crippen LogP contribution in [0, 0.1) is 0 Å². The first-order valence-corrected chi connectivity index (χ1v) is 13.8. The topological polar surface area (TPSA) is 51.2 Å². The number of nitrogens with zero attached hydrogens (tertiary/aromatic N) is 2. The van der Waals surface area contributed by atoms with Crippen LogP contribution in [0.4, 0.5) is 0 Å². The third-order valence-corrected chi connectivity index (χ3v) is 6.81. The van der Waals surface area contributed by atoms with Crippen molar-refractivity contribution in [2.24, 2.45) is 0 Å². The molecule has 1 heterocycles. The second-order valence-electron chi connectivity index (χ2n) is 8.09. The van der Waals surface area contributed by atoms with Crippen molar-refractivity contribution < 1.29 is 18.1 Å². The molecule has 1 atom stereocenters. The molecule has 1 aliphatic rings. The van der Waals surface area contributed by atoms with E-state index >= 15 is 0 Å². The highest BCUT2D eigenvalue weighted by atomic mass is 31.2. The first-order chi connectivity index (χ1) is 14.6. The maximum absolute atomic E-state index is 13.3. The molecule has 6 nitrogen and oxygen atoms in total. The summed E-state index contributed by atoms with van der Waals surface area (Å²) in [6.07, 6.45) is 17.5. The summed E-state index contributed by atoms with van der Waals surface area (Å²) in [6.45, 7) is 10.9. The molecule has 7 heteroatoms. The van der Waals surface area contributed by atoms with E-state index in [0.717, 1.165) is 45.2 Å². The van der Waals surface area contributed by atoms with Gasteiger partial charge in [0.25, 0.3) is 0 Å². The fourth-order valence-electron chi connectivity index (χ4n) is 3.36. The zero-order valence-corrected chi connectivity index (χ0v) is 20.9. The predicted octanol–water partition coefficient (Wildman–Crippen LogP) is 7.28. The molecule has 0 N–H and O–H groups in total. The summed E-state index contributed by atoms with van der Waals surface area (Å²) in [5.41, 5.74) is 0. The molecule has 0 aliphatic carbocycles. The van der Waals surface area contributed by atoms with E-state index in [1.807, 2.05) is 17.3 Å². The van der Waals surface area contributed by atoms with Gasteiger partial charge >= 0.3 is 7.82 Å². The van der Waals surface area contributed by atoms with Gasteiger partial charge in [-0.25, -0.2) is 9.09 Å². The van der Waals surface area contributed by atoms with Gasteiger partial charge in [-0.15, -0.1) is 0 Å². The Bertz CT molecular complexity index is 476. The van der Waals surface area contributed by atoms with Crippen LogP contribution in [0.1, 0.15) is 105 Å². The van der Waals surface area contributed by atoms with Crippen LogP contribution < -0.4 is 0 Å². The van der Waals surface area contributed by atoms with E-state index in [0.29, 0.717) is 13.2 Å². The molecule has 178 valence electrons. The second kappa shape index (κ2) is 17.1. The van der Waals surface area contributed by atoms with E-state index in [4.69, 9.17) is 13.6 Å². The molecule has 1 rings (SSSR count). The largest absolute Gasteiger partial charge is 0.478 e. The van der Waals surface area contributed by atoms with Crippen molar-refractivity contribution in [3.8, 4) is 0 Å². The lowest BCUT2D eigenvalue weighted by atomic mass is 10.1. The average Bonchev–Trinajstić information content (AvgIpc) is 3.11. The Morgan fingerprint density at radius 2 is 1.20 bits per heavy atom. The maximum Gasteiger partial charge on any atom is 0.478 e. The van der Waals surface area contributed by atoms with Gasteiger partial charge in [0.2, 0.25) is 6.35 Å². The van der Waals surface area contributed by atoms with E-state index in [2.05, 4.69) is 32.6 Å². The van der Waals surface area contributed by atoms with E-state index in [-0.39, 0.29) is 0 Å². The third kappa shape index (κ3) is 11.2. The summed E-state index contributed by atoms with van der Waals surface area (Å²) in [7, 11) is -3.60. The molecule has 0 fully saturated rings. The zero-order valence-electron chi connectivity index (χ0n) is 20.0. The lowest BCUT2D eigenvalue weighted by Crippen LogP contribution is -2.40. The summed E-state index contributed by atoms with van der Waals surface area (Å²) in [5.74, 6) is 0. The summed E-state index contributed by atoms with van der Waals surface area (Å²) >= 11 is 0. The smallest absolute Gasteiger partial charge is 0.334 e. The molecule has 0 aromatic heterocycles. The minimum Gasteiger partial charge on any atom is -0.334 e. The Hall–Kier alpha value is -0.550. The number of hydrogen-bond donors (Lipinski definition) is 0. The molecule has 0 amide bonds. The number of hydrogen-bond acceptors (Lipinski definition) is 6. The fourth-order valence-corrected chi connectivity index (χ4v) is 4.73. The van der Waals surface area contributed by atoms with E-state index < -0.39 is 14.2 Å². The molecular weight excluding hydrogens is 399 g/mol. The van der Waals surface area contributed by atoms with Crippen molar-refractivity contribution >= 4 is 7.82 Å². The molecule has 0 saturated carbocycles. The Morgan fingerprint density at radius 1 is 0.700 bits per heavy atom. The summed E-state index contributed by atoms with van der Waals surface area (Å²) in [6, 6.07) is 0. The van der Waals surface area contributed by atoms with Crippen LogP contribution in [0.25, 0.3) is 0 Å². The van der Waals surface area contributed by atoms with Gasteiger partial charge in [0.1, 0.15) is 0 Å². The molecule has 0 saturated heterocycles. The Kier molecular flexibility index (Phi) is 15.6. The second-order valence-corrected chi connectivity index (χ2v) is 9.72. The van der Waals surface area contributed by atoms with Crippen molar-refractivity contribution in [1.29, 1.82) is 0 Å². The summed E-state index contributed by atoms with van der Waals surface area (Å²) in [4.78, 5) is 4.17. The zero-order chi connectivity index (χ0) is 22.1. The summed E-state index contributed by atoms with van der Waals surface area (Å²) < 4.78 is 30.6. The van der Waals surface area contributed by atoms with Crippen LogP contribution in [0.2, 0.25) is 0 Å². The minimum atomic E-state index is -3.60. The summed E-state index contributed by atoms with van der Waals surface area (Å²) in [5, 5.41) is 0. The predicted molar refractivity (Wildman–Crippen MR) is 125 cm³/mol. The lowest BCUT2D eigenvalue weighted by Gasteiger charge is -2.33. The van der Waals surface area contributed by atoms with Crippen molar-refractivity contribution in [3.05, 3.63) is 12.4 Å². The maximum atomic E-state index is 13.3. The molecule has 0 spiro atoms. The van der Waals surface area contributed by atoms with Gasteiger partial charge in [0.05, 0.1) is 13.2 Å². The highest BCUT2D eigenvalue weighted by Gasteiger charge is 2.37. The van der Waals surface area contributed by atoms with Gasteiger partial charge < -0.3 is 9.80 Å². The van der Waals surface area contributed by atoms with Gasteiger partial charge in [-0.05, 0) is 26.2 Å². The molecule has 0 aromatic rings. The third-order valence-electron chi connectivity index (χ3n) is 5.37. The molecule has 1 aliphatic heterocycles. The van der Waals surface area contributed by atoms with Crippen molar-refractivity contribution in [3.63, 3.8) is 0 Å². The Morgan fingerprint density at radius 3 is 1.73 bits per heavy atom. The quantitative estimate of drug-likeness (QED) is 0.145. The van der Waals surface area contributed by atoms with Gasteiger partial charge in [-0.1, -0.05) is 78.6 Å². The Labute approximate surface area is 185 Å². The van der Waals surface area contributed by atoms with Crippen LogP contribution >= 0.6 is 7.82 Å². The first kappa shape index (κ1) is 27.5. The van der Waals surface area contributed by atoms with Crippen molar-refractivity contribution in [1.82, 2.24) is 9.80 Å². The molecule has 30 heavy (non-hydrogen) atoms. The van der Waals surface area contributed by atoms with E-state index in [9.17, 15) is 4.57 Å². The van der Waals surface area contributed by atoms with E-state index in [1.54, 1.807) is 0 Å². The molecular formula is C23H47N2O4P. The number of rotatable bonds is 20. The first-order valence-electron chi connectivity index (χ1n) is 12.4. The normalized spacial score (nSPS) is 16.7. The van der Waals surface area contributed by atoms with Crippen LogP contribution in [0.3, 0.4) is 0 Å². The van der Waals surface area contributed by atoms with Crippen LogP contribution in [0.5, 0.6) is 0 Å². The average molecular weight is 447 g/mol. The number of phosphoric ester groups is 1.